The molecule has 5 nitrogen and oxygen atoms in total. The average molecular weight is 321 g/mol. The lowest BCUT2D eigenvalue weighted by Crippen LogP contribution is -2.51. The van der Waals surface area contributed by atoms with Crippen molar-refractivity contribution < 1.29 is 19.0 Å². The molecule has 0 bridgehead atoms. The number of hydrogen-bond donors (Lipinski definition) is 0. The van der Waals surface area contributed by atoms with Gasteiger partial charge < -0.3 is 14.2 Å². The molecular formula is C18H27NO4. The van der Waals surface area contributed by atoms with E-state index >= 15 is 0 Å². The minimum absolute atomic E-state index is 0.149. The molecule has 0 aliphatic carbocycles. The average Bonchev–Trinajstić information content (AvgIpc) is 2.73. The molecule has 1 aliphatic heterocycles. The van der Waals surface area contributed by atoms with Crippen LogP contribution in [0.5, 0.6) is 0 Å². The first-order valence-corrected chi connectivity index (χ1v) is 7.97. The fraction of sp³-hybridized carbons (Fsp3) is 0.611. The molecule has 23 heavy (non-hydrogen) atoms. The second-order valence-corrected chi connectivity index (χ2v) is 7.26. The molecule has 1 fully saturated rings. The standard InChI is InChI=1S/C18H27NO4/c1-17(2,3)23-16(20)19-15(13-22-18(19,4)5)12-21-11-14-9-7-6-8-10-14/h6-10,15H,11-13H2,1-5H3/t15-/m1/s1. The SMILES string of the molecule is CC(C)(C)OC(=O)N1[C@H](COCc2ccccc2)COC1(C)C. The van der Waals surface area contributed by atoms with Gasteiger partial charge in [0.2, 0.25) is 0 Å². The van der Waals surface area contributed by atoms with Crippen molar-refractivity contribution >= 4 is 6.09 Å². The van der Waals surface area contributed by atoms with Gasteiger partial charge in [0.1, 0.15) is 11.3 Å². The van der Waals surface area contributed by atoms with Crippen LogP contribution in [0.3, 0.4) is 0 Å². The van der Waals surface area contributed by atoms with Gasteiger partial charge in [-0.3, -0.25) is 4.90 Å². The molecule has 0 N–H and O–H groups in total. The van der Waals surface area contributed by atoms with Crippen molar-refractivity contribution in [2.75, 3.05) is 13.2 Å². The highest BCUT2D eigenvalue weighted by Gasteiger charge is 2.45. The second kappa shape index (κ2) is 6.89. The van der Waals surface area contributed by atoms with Crippen molar-refractivity contribution in [3.8, 4) is 0 Å². The lowest BCUT2D eigenvalue weighted by molar-refractivity contribution is -0.0658. The largest absolute Gasteiger partial charge is 0.444 e. The molecule has 0 radical (unpaired) electrons. The molecule has 1 amide bonds. The van der Waals surface area contributed by atoms with Gasteiger partial charge in [0.25, 0.3) is 0 Å². The molecule has 1 aromatic carbocycles. The Labute approximate surface area is 138 Å². The Balaban J connectivity index is 1.95. The van der Waals surface area contributed by atoms with Crippen LogP contribution in [0.4, 0.5) is 4.79 Å². The number of benzene rings is 1. The minimum Gasteiger partial charge on any atom is -0.444 e. The Morgan fingerprint density at radius 2 is 1.96 bits per heavy atom. The van der Waals surface area contributed by atoms with Crippen molar-refractivity contribution in [2.45, 2.75) is 58.6 Å². The van der Waals surface area contributed by atoms with E-state index in [9.17, 15) is 4.79 Å². The Morgan fingerprint density at radius 3 is 2.57 bits per heavy atom. The first kappa shape index (κ1) is 17.8. The highest BCUT2D eigenvalue weighted by Crippen LogP contribution is 2.29. The summed E-state index contributed by atoms with van der Waals surface area (Å²) in [5.41, 5.74) is -0.122. The third kappa shape index (κ3) is 4.94. The van der Waals surface area contributed by atoms with E-state index in [1.54, 1.807) is 4.90 Å². The predicted octanol–water partition coefficient (Wildman–Crippen LogP) is 3.58. The number of nitrogens with zero attached hydrogens (tertiary/aromatic N) is 1. The van der Waals surface area contributed by atoms with Crippen LogP contribution < -0.4 is 0 Å². The maximum atomic E-state index is 12.5. The van der Waals surface area contributed by atoms with Crippen LogP contribution in [0, 0.1) is 0 Å². The first-order chi connectivity index (χ1) is 10.7. The zero-order valence-corrected chi connectivity index (χ0v) is 14.7. The fourth-order valence-corrected chi connectivity index (χ4v) is 2.57. The number of carbonyl (C=O) groups excluding carboxylic acids is 1. The molecule has 5 heteroatoms. The molecule has 128 valence electrons. The first-order valence-electron chi connectivity index (χ1n) is 7.97. The zero-order valence-electron chi connectivity index (χ0n) is 14.7. The van der Waals surface area contributed by atoms with Gasteiger partial charge in [-0.2, -0.15) is 0 Å². The van der Waals surface area contributed by atoms with E-state index in [1.165, 1.54) is 0 Å². The third-order valence-corrected chi connectivity index (χ3v) is 3.59. The van der Waals surface area contributed by atoms with Crippen LogP contribution in [0.2, 0.25) is 0 Å². The number of ether oxygens (including phenoxy) is 3. The van der Waals surface area contributed by atoms with E-state index in [2.05, 4.69) is 0 Å². The summed E-state index contributed by atoms with van der Waals surface area (Å²) in [5, 5.41) is 0. The Kier molecular flexibility index (Phi) is 5.32. The molecule has 1 saturated heterocycles. The summed E-state index contributed by atoms with van der Waals surface area (Å²) >= 11 is 0. The number of carbonyl (C=O) groups is 1. The van der Waals surface area contributed by atoms with Crippen molar-refractivity contribution in [3.63, 3.8) is 0 Å². The van der Waals surface area contributed by atoms with Gasteiger partial charge in [0.05, 0.1) is 25.9 Å². The summed E-state index contributed by atoms with van der Waals surface area (Å²) < 4.78 is 17.0. The van der Waals surface area contributed by atoms with Gasteiger partial charge in [0.15, 0.2) is 0 Å². The Hall–Kier alpha value is -1.59. The summed E-state index contributed by atoms with van der Waals surface area (Å²) in [7, 11) is 0. The summed E-state index contributed by atoms with van der Waals surface area (Å²) in [6.07, 6.45) is -0.367. The van der Waals surface area contributed by atoms with E-state index < -0.39 is 11.3 Å². The molecular weight excluding hydrogens is 294 g/mol. The Bertz CT molecular complexity index is 522. The quantitative estimate of drug-likeness (QED) is 0.850. The molecule has 1 heterocycles. The van der Waals surface area contributed by atoms with Crippen LogP contribution in [-0.4, -0.2) is 41.6 Å². The molecule has 0 spiro atoms. The molecule has 1 aliphatic rings. The van der Waals surface area contributed by atoms with Crippen molar-refractivity contribution in [1.82, 2.24) is 4.90 Å². The normalized spacial score (nSPS) is 20.6. The van der Waals surface area contributed by atoms with Gasteiger partial charge in [-0.15, -0.1) is 0 Å². The van der Waals surface area contributed by atoms with E-state index in [1.807, 2.05) is 65.0 Å². The summed E-state index contributed by atoms with van der Waals surface area (Å²) in [6, 6.07) is 9.81. The summed E-state index contributed by atoms with van der Waals surface area (Å²) in [5.74, 6) is 0. The molecule has 1 atom stereocenters. The van der Waals surface area contributed by atoms with Crippen molar-refractivity contribution in [1.29, 1.82) is 0 Å². The molecule has 2 rings (SSSR count). The highest BCUT2D eigenvalue weighted by atomic mass is 16.6. The van der Waals surface area contributed by atoms with E-state index in [-0.39, 0.29) is 12.1 Å². The van der Waals surface area contributed by atoms with E-state index in [0.29, 0.717) is 19.8 Å². The second-order valence-electron chi connectivity index (χ2n) is 7.26. The smallest absolute Gasteiger partial charge is 0.412 e. The molecule has 0 saturated carbocycles. The maximum Gasteiger partial charge on any atom is 0.412 e. The predicted molar refractivity (Wildman–Crippen MR) is 88.0 cm³/mol. The molecule has 1 aromatic rings. The van der Waals surface area contributed by atoms with Gasteiger partial charge >= 0.3 is 6.09 Å². The van der Waals surface area contributed by atoms with Gasteiger partial charge in [-0.1, -0.05) is 30.3 Å². The van der Waals surface area contributed by atoms with Crippen molar-refractivity contribution in [3.05, 3.63) is 35.9 Å². The highest BCUT2D eigenvalue weighted by molar-refractivity contribution is 5.69. The van der Waals surface area contributed by atoms with Crippen LogP contribution in [0.15, 0.2) is 30.3 Å². The lowest BCUT2D eigenvalue weighted by Gasteiger charge is -2.35. The molecule has 0 unspecified atom stereocenters. The zero-order chi connectivity index (χ0) is 17.1. The number of rotatable bonds is 4. The van der Waals surface area contributed by atoms with Crippen LogP contribution in [-0.2, 0) is 20.8 Å². The topological polar surface area (TPSA) is 48.0 Å². The fourth-order valence-electron chi connectivity index (χ4n) is 2.57. The minimum atomic E-state index is -0.691. The van der Waals surface area contributed by atoms with Crippen LogP contribution in [0.25, 0.3) is 0 Å². The lowest BCUT2D eigenvalue weighted by atomic mass is 10.2. The van der Waals surface area contributed by atoms with E-state index in [0.717, 1.165) is 5.56 Å². The van der Waals surface area contributed by atoms with Gasteiger partial charge in [-0.25, -0.2) is 4.79 Å². The monoisotopic (exact) mass is 321 g/mol. The van der Waals surface area contributed by atoms with Gasteiger partial charge in [0, 0.05) is 0 Å². The number of amides is 1. The van der Waals surface area contributed by atoms with E-state index in [4.69, 9.17) is 14.2 Å². The van der Waals surface area contributed by atoms with Crippen molar-refractivity contribution in [2.24, 2.45) is 0 Å². The summed E-state index contributed by atoms with van der Waals surface area (Å²) in [6.45, 7) is 10.7. The maximum absolute atomic E-state index is 12.5. The van der Waals surface area contributed by atoms with Gasteiger partial charge in [-0.05, 0) is 40.2 Å². The summed E-state index contributed by atoms with van der Waals surface area (Å²) in [4.78, 5) is 14.1. The Morgan fingerprint density at radius 1 is 1.30 bits per heavy atom. The van der Waals surface area contributed by atoms with Crippen LogP contribution in [0.1, 0.15) is 40.2 Å². The van der Waals surface area contributed by atoms with Crippen LogP contribution >= 0.6 is 0 Å². The number of hydrogen-bond acceptors (Lipinski definition) is 4. The molecule has 0 aromatic heterocycles. The third-order valence-electron chi connectivity index (χ3n) is 3.59.